The molecular formula is C34H31N3O6S. The third-order valence-electron chi connectivity index (χ3n) is 7.63. The van der Waals surface area contributed by atoms with Crippen molar-refractivity contribution in [3.8, 4) is 28.5 Å². The number of aromatic amines is 1. The SMILES string of the molecule is CCOC(=O)C1=C(C)N=c2sc(=Cc3c(-c4ccccc4)[nH]c4c(OC)cccc34)c(=O)n2[C@H]1c1ccc(OC)c(OC)c1. The number of aromatic nitrogens is 2. The van der Waals surface area contributed by atoms with Crippen molar-refractivity contribution in [1.29, 1.82) is 0 Å². The van der Waals surface area contributed by atoms with Crippen LogP contribution in [-0.2, 0) is 9.53 Å². The Kier molecular flexibility index (Phi) is 7.84. The molecule has 0 saturated carbocycles. The van der Waals surface area contributed by atoms with Crippen LogP contribution in [0.4, 0.5) is 0 Å². The molecule has 0 aliphatic carbocycles. The average Bonchev–Trinajstić information content (AvgIpc) is 3.57. The lowest BCUT2D eigenvalue weighted by molar-refractivity contribution is -0.139. The van der Waals surface area contributed by atoms with Crippen molar-refractivity contribution in [3.05, 3.63) is 109 Å². The molecule has 2 aromatic heterocycles. The number of esters is 1. The van der Waals surface area contributed by atoms with Gasteiger partial charge in [0.1, 0.15) is 5.75 Å². The highest BCUT2D eigenvalue weighted by atomic mass is 32.1. The van der Waals surface area contributed by atoms with Gasteiger partial charge in [-0.2, -0.15) is 0 Å². The third kappa shape index (κ3) is 4.87. The molecule has 0 radical (unpaired) electrons. The maximum absolute atomic E-state index is 14.4. The van der Waals surface area contributed by atoms with Crippen molar-refractivity contribution in [2.24, 2.45) is 4.99 Å². The molecule has 0 fully saturated rings. The Balaban J connectivity index is 1.62. The molecule has 0 bridgehead atoms. The number of allylic oxidation sites excluding steroid dienone is 1. The number of carbonyl (C=O) groups excluding carboxylic acids is 1. The van der Waals surface area contributed by atoms with Gasteiger partial charge in [-0.1, -0.05) is 59.9 Å². The Morgan fingerprint density at radius 2 is 1.73 bits per heavy atom. The zero-order chi connectivity index (χ0) is 31.0. The molecule has 9 nitrogen and oxygen atoms in total. The van der Waals surface area contributed by atoms with E-state index in [0.29, 0.717) is 43.4 Å². The standard InChI is InChI=1S/C34H31N3O6S/c1-6-43-33(39)28-19(2)35-34-37(31(28)21-15-16-24(40-3)26(17-21)42-5)32(38)27(44-34)18-23-22-13-10-14-25(41-4)30(22)36-29(23)20-11-8-7-9-12-20/h7-18,31,36H,6H2,1-5H3/t31-/m0/s1. The number of rotatable bonds is 8. The maximum atomic E-state index is 14.4. The number of para-hydroxylation sites is 1. The number of ether oxygens (including phenoxy) is 4. The van der Waals surface area contributed by atoms with Crippen LogP contribution in [0.3, 0.4) is 0 Å². The van der Waals surface area contributed by atoms with Crippen LogP contribution in [0.15, 0.2) is 87.8 Å². The predicted octanol–water partition coefficient (Wildman–Crippen LogP) is 4.97. The van der Waals surface area contributed by atoms with Crippen molar-refractivity contribution in [2.45, 2.75) is 19.9 Å². The van der Waals surface area contributed by atoms with Crippen molar-refractivity contribution in [1.82, 2.24) is 9.55 Å². The van der Waals surface area contributed by atoms with Gasteiger partial charge in [-0.05, 0) is 49.2 Å². The van der Waals surface area contributed by atoms with Crippen LogP contribution in [0.2, 0.25) is 0 Å². The molecule has 1 atom stereocenters. The van der Waals surface area contributed by atoms with Gasteiger partial charge in [-0.15, -0.1) is 0 Å². The Bertz CT molecular complexity index is 2110. The van der Waals surface area contributed by atoms with Crippen LogP contribution in [-0.4, -0.2) is 43.5 Å². The number of hydrogen-bond donors (Lipinski definition) is 1. The van der Waals surface area contributed by atoms with Crippen LogP contribution in [0.1, 0.15) is 31.0 Å². The second-order valence-electron chi connectivity index (χ2n) is 10.1. The highest BCUT2D eigenvalue weighted by Crippen LogP contribution is 2.37. The van der Waals surface area contributed by atoms with E-state index in [9.17, 15) is 9.59 Å². The smallest absolute Gasteiger partial charge is 0.338 e. The van der Waals surface area contributed by atoms with E-state index in [-0.39, 0.29) is 12.2 Å². The summed E-state index contributed by atoms with van der Waals surface area (Å²) in [7, 11) is 4.73. The van der Waals surface area contributed by atoms with Crippen LogP contribution < -0.4 is 29.1 Å². The van der Waals surface area contributed by atoms with E-state index < -0.39 is 12.0 Å². The molecule has 3 heterocycles. The van der Waals surface area contributed by atoms with Gasteiger partial charge in [0.05, 0.1) is 61.0 Å². The Morgan fingerprint density at radius 1 is 0.977 bits per heavy atom. The summed E-state index contributed by atoms with van der Waals surface area (Å²) >= 11 is 1.27. The molecule has 224 valence electrons. The first kappa shape index (κ1) is 29.0. The fourth-order valence-electron chi connectivity index (χ4n) is 5.62. The molecule has 0 unspecified atom stereocenters. The molecule has 44 heavy (non-hydrogen) atoms. The third-order valence-corrected chi connectivity index (χ3v) is 8.62. The summed E-state index contributed by atoms with van der Waals surface area (Å²) in [6.07, 6.45) is 1.89. The van der Waals surface area contributed by atoms with Crippen molar-refractivity contribution < 1.29 is 23.7 Å². The minimum atomic E-state index is -0.788. The number of methoxy groups -OCH3 is 3. The lowest BCUT2D eigenvalue weighted by Crippen LogP contribution is -2.40. The van der Waals surface area contributed by atoms with Crippen molar-refractivity contribution >= 4 is 34.3 Å². The molecule has 6 rings (SSSR count). The lowest BCUT2D eigenvalue weighted by atomic mass is 9.95. The van der Waals surface area contributed by atoms with E-state index in [2.05, 4.69) is 4.98 Å². The zero-order valence-corrected chi connectivity index (χ0v) is 25.8. The summed E-state index contributed by atoms with van der Waals surface area (Å²) in [5.74, 6) is 1.18. The van der Waals surface area contributed by atoms with Gasteiger partial charge in [-0.25, -0.2) is 9.79 Å². The van der Waals surface area contributed by atoms with Gasteiger partial charge in [0.2, 0.25) is 0 Å². The maximum Gasteiger partial charge on any atom is 0.338 e. The predicted molar refractivity (Wildman–Crippen MR) is 170 cm³/mol. The first-order chi connectivity index (χ1) is 21.4. The normalized spacial score (nSPS) is 14.8. The van der Waals surface area contributed by atoms with E-state index in [1.165, 1.54) is 11.3 Å². The summed E-state index contributed by atoms with van der Waals surface area (Å²) in [5, 5.41) is 0.911. The molecule has 3 aromatic carbocycles. The fraction of sp³-hybridized carbons (Fsp3) is 0.206. The summed E-state index contributed by atoms with van der Waals surface area (Å²) < 4.78 is 24.1. The van der Waals surface area contributed by atoms with Crippen molar-refractivity contribution in [3.63, 3.8) is 0 Å². The summed E-state index contributed by atoms with van der Waals surface area (Å²) in [6, 6.07) is 20.3. The van der Waals surface area contributed by atoms with E-state index in [0.717, 1.165) is 27.7 Å². The Labute approximate surface area is 257 Å². The van der Waals surface area contributed by atoms with Crippen LogP contribution in [0.5, 0.6) is 17.2 Å². The van der Waals surface area contributed by atoms with Crippen LogP contribution in [0, 0.1) is 0 Å². The number of nitrogens with one attached hydrogen (secondary N) is 1. The second-order valence-corrected chi connectivity index (χ2v) is 11.1. The van der Waals surface area contributed by atoms with Gasteiger partial charge in [0, 0.05) is 10.9 Å². The number of carbonyl (C=O) groups is 1. The minimum absolute atomic E-state index is 0.185. The van der Waals surface area contributed by atoms with Gasteiger partial charge in [-0.3, -0.25) is 9.36 Å². The molecule has 0 spiro atoms. The van der Waals surface area contributed by atoms with Crippen LogP contribution in [0.25, 0.3) is 28.2 Å². The zero-order valence-electron chi connectivity index (χ0n) is 25.0. The summed E-state index contributed by atoms with van der Waals surface area (Å²) in [5.41, 5.74) is 4.66. The van der Waals surface area contributed by atoms with E-state index in [1.54, 1.807) is 51.9 Å². The van der Waals surface area contributed by atoms with Gasteiger partial charge < -0.3 is 23.9 Å². The Morgan fingerprint density at radius 3 is 2.43 bits per heavy atom. The molecule has 1 aliphatic rings. The topological polar surface area (TPSA) is 104 Å². The highest BCUT2D eigenvalue weighted by molar-refractivity contribution is 7.07. The van der Waals surface area contributed by atoms with E-state index in [4.69, 9.17) is 23.9 Å². The minimum Gasteiger partial charge on any atom is -0.495 e. The number of hydrogen-bond acceptors (Lipinski definition) is 8. The molecule has 0 saturated heterocycles. The largest absolute Gasteiger partial charge is 0.495 e. The molecule has 1 aliphatic heterocycles. The fourth-order valence-corrected chi connectivity index (χ4v) is 6.65. The number of fused-ring (bicyclic) bond motifs is 2. The van der Waals surface area contributed by atoms with E-state index in [1.807, 2.05) is 60.7 Å². The molecule has 10 heteroatoms. The lowest BCUT2D eigenvalue weighted by Gasteiger charge is -2.25. The number of H-pyrrole nitrogens is 1. The first-order valence-corrected chi connectivity index (χ1v) is 14.9. The quantitative estimate of drug-likeness (QED) is 0.249. The number of benzene rings is 3. The van der Waals surface area contributed by atoms with Gasteiger partial charge in [0.25, 0.3) is 5.56 Å². The molecular weight excluding hydrogens is 578 g/mol. The monoisotopic (exact) mass is 609 g/mol. The van der Waals surface area contributed by atoms with Crippen molar-refractivity contribution in [2.75, 3.05) is 27.9 Å². The number of nitrogens with zero attached hydrogens (tertiary/aromatic N) is 2. The van der Waals surface area contributed by atoms with Gasteiger partial charge in [0.15, 0.2) is 16.3 Å². The Hall–Kier alpha value is -5.09. The molecule has 1 N–H and O–H groups in total. The average molecular weight is 610 g/mol. The molecule has 5 aromatic rings. The molecule has 0 amide bonds. The highest BCUT2D eigenvalue weighted by Gasteiger charge is 2.34. The first-order valence-electron chi connectivity index (χ1n) is 14.1. The van der Waals surface area contributed by atoms with E-state index >= 15 is 0 Å². The van der Waals surface area contributed by atoms with Crippen LogP contribution >= 0.6 is 11.3 Å². The number of thiazole rings is 1. The summed E-state index contributed by atoms with van der Waals surface area (Å²) in [4.78, 5) is 36.4. The van der Waals surface area contributed by atoms with Gasteiger partial charge >= 0.3 is 5.97 Å². The summed E-state index contributed by atoms with van der Waals surface area (Å²) in [6.45, 7) is 3.69. The second kappa shape index (κ2) is 11.9.